The van der Waals surface area contributed by atoms with E-state index in [9.17, 15) is 4.79 Å². The van der Waals surface area contributed by atoms with Gasteiger partial charge in [0, 0.05) is 12.7 Å². The second-order valence-corrected chi connectivity index (χ2v) is 2.49. The molecule has 0 saturated heterocycles. The monoisotopic (exact) mass is 152 g/mol. The van der Waals surface area contributed by atoms with Crippen molar-refractivity contribution in [3.8, 4) is 0 Å². The molecule has 1 aromatic rings. The van der Waals surface area contributed by atoms with Crippen LogP contribution in [0.25, 0.3) is 0 Å². The highest BCUT2D eigenvalue weighted by atomic mass is 16.1. The number of nitrogens with two attached hydrogens (primary N) is 1. The van der Waals surface area contributed by atoms with Crippen LogP contribution in [-0.2, 0) is 13.5 Å². The Kier molecular flexibility index (Phi) is 1.98. The standard InChI is InChI=1S/C8H12N2O/c1-3-6-4-5-7(8(9)11)10(6)2/h4-5H,3H2,1-2H3,(H2,9,11). The Morgan fingerprint density at radius 1 is 1.64 bits per heavy atom. The lowest BCUT2D eigenvalue weighted by Crippen LogP contribution is -2.15. The van der Waals surface area contributed by atoms with E-state index in [4.69, 9.17) is 5.73 Å². The first-order valence-corrected chi connectivity index (χ1v) is 3.61. The van der Waals surface area contributed by atoms with Crippen molar-refractivity contribution < 1.29 is 4.79 Å². The van der Waals surface area contributed by atoms with Crippen molar-refractivity contribution in [2.45, 2.75) is 13.3 Å². The summed E-state index contributed by atoms with van der Waals surface area (Å²) >= 11 is 0. The summed E-state index contributed by atoms with van der Waals surface area (Å²) in [7, 11) is 1.85. The summed E-state index contributed by atoms with van der Waals surface area (Å²) in [5, 5.41) is 0. The van der Waals surface area contributed by atoms with Crippen LogP contribution in [0.2, 0.25) is 0 Å². The van der Waals surface area contributed by atoms with Crippen LogP contribution in [-0.4, -0.2) is 10.5 Å². The van der Waals surface area contributed by atoms with Gasteiger partial charge < -0.3 is 10.3 Å². The summed E-state index contributed by atoms with van der Waals surface area (Å²) in [4.78, 5) is 10.8. The molecule has 11 heavy (non-hydrogen) atoms. The third kappa shape index (κ3) is 1.27. The Hall–Kier alpha value is -1.25. The number of carbonyl (C=O) groups is 1. The fourth-order valence-corrected chi connectivity index (χ4v) is 1.16. The molecule has 2 N–H and O–H groups in total. The number of aromatic nitrogens is 1. The van der Waals surface area contributed by atoms with Gasteiger partial charge in [0.2, 0.25) is 0 Å². The van der Waals surface area contributed by atoms with E-state index in [0.29, 0.717) is 5.69 Å². The third-order valence-corrected chi connectivity index (χ3v) is 1.84. The smallest absolute Gasteiger partial charge is 0.265 e. The molecular weight excluding hydrogens is 140 g/mol. The molecule has 0 bridgehead atoms. The Morgan fingerprint density at radius 3 is 2.55 bits per heavy atom. The zero-order chi connectivity index (χ0) is 8.43. The van der Waals surface area contributed by atoms with Crippen molar-refractivity contribution in [3.63, 3.8) is 0 Å². The van der Waals surface area contributed by atoms with Crippen molar-refractivity contribution in [2.75, 3.05) is 0 Å². The minimum absolute atomic E-state index is 0.368. The first-order chi connectivity index (χ1) is 5.16. The van der Waals surface area contributed by atoms with E-state index in [1.807, 2.05) is 24.6 Å². The molecule has 1 aromatic heterocycles. The number of aryl methyl sites for hydroxylation is 1. The van der Waals surface area contributed by atoms with Gasteiger partial charge in [0.25, 0.3) is 5.91 Å². The van der Waals surface area contributed by atoms with Crippen LogP contribution in [0.4, 0.5) is 0 Å². The summed E-state index contributed by atoms with van der Waals surface area (Å²) in [6.45, 7) is 2.04. The zero-order valence-electron chi connectivity index (χ0n) is 6.79. The second-order valence-electron chi connectivity index (χ2n) is 2.49. The first kappa shape index (κ1) is 7.85. The highest BCUT2D eigenvalue weighted by Crippen LogP contribution is 2.06. The average molecular weight is 152 g/mol. The molecule has 0 aromatic carbocycles. The molecule has 1 heterocycles. The minimum Gasteiger partial charge on any atom is -0.364 e. The largest absolute Gasteiger partial charge is 0.364 e. The minimum atomic E-state index is -0.368. The molecule has 0 aliphatic carbocycles. The van der Waals surface area contributed by atoms with Crippen molar-refractivity contribution in [2.24, 2.45) is 12.8 Å². The molecule has 0 radical (unpaired) electrons. The van der Waals surface area contributed by atoms with Gasteiger partial charge in [-0.15, -0.1) is 0 Å². The van der Waals surface area contributed by atoms with Crippen molar-refractivity contribution in [1.29, 1.82) is 0 Å². The Labute approximate surface area is 65.8 Å². The molecule has 3 nitrogen and oxygen atoms in total. The van der Waals surface area contributed by atoms with E-state index in [1.165, 1.54) is 0 Å². The topological polar surface area (TPSA) is 48.0 Å². The number of rotatable bonds is 2. The highest BCUT2D eigenvalue weighted by Gasteiger charge is 2.06. The van der Waals surface area contributed by atoms with Crippen LogP contribution in [0.3, 0.4) is 0 Å². The van der Waals surface area contributed by atoms with Crippen LogP contribution in [0.1, 0.15) is 23.1 Å². The Morgan fingerprint density at radius 2 is 2.27 bits per heavy atom. The van der Waals surface area contributed by atoms with Gasteiger partial charge in [-0.3, -0.25) is 4.79 Å². The molecule has 0 unspecified atom stereocenters. The van der Waals surface area contributed by atoms with E-state index >= 15 is 0 Å². The fourth-order valence-electron chi connectivity index (χ4n) is 1.16. The second kappa shape index (κ2) is 2.78. The molecule has 0 saturated carbocycles. The molecule has 0 aliphatic heterocycles. The van der Waals surface area contributed by atoms with Crippen molar-refractivity contribution in [1.82, 2.24) is 4.57 Å². The zero-order valence-corrected chi connectivity index (χ0v) is 6.79. The summed E-state index contributed by atoms with van der Waals surface area (Å²) in [5.74, 6) is -0.368. The Balaban J connectivity index is 3.10. The number of primary amides is 1. The molecular formula is C8H12N2O. The van der Waals surface area contributed by atoms with Crippen LogP contribution in [0.5, 0.6) is 0 Å². The number of hydrogen-bond acceptors (Lipinski definition) is 1. The number of amides is 1. The van der Waals surface area contributed by atoms with E-state index in [2.05, 4.69) is 0 Å². The van der Waals surface area contributed by atoms with Crippen LogP contribution in [0, 0.1) is 0 Å². The van der Waals surface area contributed by atoms with Crippen molar-refractivity contribution >= 4 is 5.91 Å². The lowest BCUT2D eigenvalue weighted by molar-refractivity contribution is 0.0992. The number of nitrogens with zero attached hydrogens (tertiary/aromatic N) is 1. The number of hydrogen-bond donors (Lipinski definition) is 1. The van der Waals surface area contributed by atoms with Gasteiger partial charge in [0.15, 0.2) is 0 Å². The maximum Gasteiger partial charge on any atom is 0.265 e. The lowest BCUT2D eigenvalue weighted by Gasteiger charge is -2.01. The van der Waals surface area contributed by atoms with E-state index in [1.54, 1.807) is 6.07 Å². The van der Waals surface area contributed by atoms with Gasteiger partial charge in [0.05, 0.1) is 0 Å². The van der Waals surface area contributed by atoms with Crippen molar-refractivity contribution in [3.05, 3.63) is 23.5 Å². The molecule has 0 fully saturated rings. The third-order valence-electron chi connectivity index (χ3n) is 1.84. The normalized spacial score (nSPS) is 10.0. The predicted octanol–water partition coefficient (Wildman–Crippen LogP) is 0.686. The van der Waals surface area contributed by atoms with Gasteiger partial charge in [0.1, 0.15) is 5.69 Å². The molecule has 0 spiro atoms. The lowest BCUT2D eigenvalue weighted by atomic mass is 10.3. The summed E-state index contributed by atoms with van der Waals surface area (Å²) in [6.07, 6.45) is 0.920. The molecule has 3 heteroatoms. The summed E-state index contributed by atoms with van der Waals surface area (Å²) in [5.41, 5.74) is 6.82. The van der Waals surface area contributed by atoms with Gasteiger partial charge >= 0.3 is 0 Å². The molecule has 0 atom stereocenters. The van der Waals surface area contributed by atoms with Gasteiger partial charge in [-0.2, -0.15) is 0 Å². The molecule has 0 aliphatic rings. The highest BCUT2D eigenvalue weighted by molar-refractivity contribution is 5.91. The van der Waals surface area contributed by atoms with E-state index in [-0.39, 0.29) is 5.91 Å². The average Bonchev–Trinajstić information content (AvgIpc) is 2.30. The van der Waals surface area contributed by atoms with Crippen LogP contribution >= 0.6 is 0 Å². The van der Waals surface area contributed by atoms with E-state index < -0.39 is 0 Å². The van der Waals surface area contributed by atoms with Crippen LogP contribution in [0.15, 0.2) is 12.1 Å². The van der Waals surface area contributed by atoms with Gasteiger partial charge in [-0.25, -0.2) is 0 Å². The first-order valence-electron chi connectivity index (χ1n) is 3.61. The maximum atomic E-state index is 10.8. The quantitative estimate of drug-likeness (QED) is 0.665. The summed E-state index contributed by atoms with van der Waals surface area (Å²) < 4.78 is 1.82. The fraction of sp³-hybridized carbons (Fsp3) is 0.375. The number of carbonyl (C=O) groups excluding carboxylic acids is 1. The molecule has 1 amide bonds. The van der Waals surface area contributed by atoms with Gasteiger partial charge in [-0.05, 0) is 18.6 Å². The van der Waals surface area contributed by atoms with Crippen LogP contribution < -0.4 is 5.73 Å². The van der Waals surface area contributed by atoms with Gasteiger partial charge in [-0.1, -0.05) is 6.92 Å². The SMILES string of the molecule is CCc1ccc(C(N)=O)n1C. The molecule has 60 valence electrons. The molecule has 1 rings (SSSR count). The maximum absolute atomic E-state index is 10.8. The summed E-state index contributed by atoms with van der Waals surface area (Å²) in [6, 6.07) is 3.67. The van der Waals surface area contributed by atoms with E-state index in [0.717, 1.165) is 12.1 Å². The Bertz CT molecular complexity index is 276. The predicted molar refractivity (Wildman–Crippen MR) is 43.3 cm³/mol.